The number of rotatable bonds is 10. The van der Waals surface area contributed by atoms with E-state index in [1.54, 1.807) is 0 Å². The molecule has 0 aliphatic rings. The van der Waals surface area contributed by atoms with Gasteiger partial charge in [0.1, 0.15) is 24.2 Å². The second kappa shape index (κ2) is 11.0. The minimum atomic E-state index is -0.579. The predicted octanol–water partition coefficient (Wildman–Crippen LogP) is 3.84. The van der Waals surface area contributed by atoms with Gasteiger partial charge in [-0.2, -0.15) is 0 Å². The zero-order chi connectivity index (χ0) is 21.4. The highest BCUT2D eigenvalue weighted by Gasteiger charge is 2.16. The molecular weight excluding hydrogens is 366 g/mol. The van der Waals surface area contributed by atoms with Crippen LogP contribution in [0.3, 0.4) is 0 Å². The molecule has 2 aromatic rings. The van der Waals surface area contributed by atoms with Crippen LogP contribution in [0, 0.1) is 20.8 Å². The van der Waals surface area contributed by atoms with Crippen LogP contribution in [0.1, 0.15) is 35.6 Å². The van der Waals surface area contributed by atoms with E-state index < -0.39 is 6.10 Å². The van der Waals surface area contributed by atoms with E-state index in [0.717, 1.165) is 36.1 Å². The Morgan fingerprint density at radius 2 is 1.83 bits per heavy atom. The van der Waals surface area contributed by atoms with Gasteiger partial charge in [-0.1, -0.05) is 30.3 Å². The van der Waals surface area contributed by atoms with Crippen LogP contribution >= 0.6 is 0 Å². The molecule has 2 aromatic carbocycles. The van der Waals surface area contributed by atoms with Gasteiger partial charge in [-0.25, -0.2) is 0 Å². The van der Waals surface area contributed by atoms with E-state index in [0.29, 0.717) is 18.0 Å². The fraction of sp³-hybridized carbons (Fsp3) is 0.458. The summed E-state index contributed by atoms with van der Waals surface area (Å²) in [4.78, 5) is 13.4. The lowest BCUT2D eigenvalue weighted by molar-refractivity contribution is -0.131. The standard InChI is InChI=1S/C24H33NO4/c1-17-14-23(18(2)19(3)24(17)29-20(4)26)28-16-22(27)15-25(5)13-9-12-21-10-7-6-8-11-21/h6-8,10-11,14,22,27H,9,12-13,15-16H2,1-5H3/t22-/m0/s1. The number of ether oxygens (including phenoxy) is 2. The van der Waals surface area contributed by atoms with Crippen molar-refractivity contribution in [1.82, 2.24) is 4.90 Å². The normalized spacial score (nSPS) is 12.1. The highest BCUT2D eigenvalue weighted by Crippen LogP contribution is 2.33. The maximum Gasteiger partial charge on any atom is 0.308 e. The van der Waals surface area contributed by atoms with Crippen molar-refractivity contribution in [1.29, 1.82) is 0 Å². The molecule has 2 rings (SSSR count). The zero-order valence-electron chi connectivity index (χ0n) is 18.2. The van der Waals surface area contributed by atoms with Gasteiger partial charge in [-0.15, -0.1) is 0 Å². The third kappa shape index (κ3) is 7.18. The van der Waals surface area contributed by atoms with Crippen molar-refractivity contribution < 1.29 is 19.4 Å². The summed E-state index contributed by atoms with van der Waals surface area (Å²) in [6, 6.07) is 12.3. The first kappa shape index (κ1) is 22.9. The third-order valence-corrected chi connectivity index (χ3v) is 5.03. The van der Waals surface area contributed by atoms with Crippen molar-refractivity contribution in [2.24, 2.45) is 0 Å². The van der Waals surface area contributed by atoms with Crippen molar-refractivity contribution in [3.05, 3.63) is 58.7 Å². The maximum atomic E-state index is 11.3. The number of carbonyl (C=O) groups excluding carboxylic acids is 1. The minimum absolute atomic E-state index is 0.218. The Labute approximate surface area is 174 Å². The number of aryl methyl sites for hydroxylation is 2. The molecule has 0 aliphatic heterocycles. The average Bonchev–Trinajstić information content (AvgIpc) is 2.67. The molecule has 29 heavy (non-hydrogen) atoms. The van der Waals surface area contributed by atoms with Crippen LogP contribution < -0.4 is 9.47 Å². The van der Waals surface area contributed by atoms with Gasteiger partial charge in [-0.05, 0) is 75.5 Å². The molecule has 0 amide bonds. The molecule has 1 atom stereocenters. The zero-order valence-corrected chi connectivity index (χ0v) is 18.2. The Hall–Kier alpha value is -2.37. The topological polar surface area (TPSA) is 59.0 Å². The molecule has 0 radical (unpaired) electrons. The first-order chi connectivity index (χ1) is 13.8. The van der Waals surface area contributed by atoms with E-state index in [9.17, 15) is 9.90 Å². The number of benzene rings is 2. The quantitative estimate of drug-likeness (QED) is 0.486. The lowest BCUT2D eigenvalue weighted by Crippen LogP contribution is -2.33. The van der Waals surface area contributed by atoms with Crippen LogP contribution in [-0.4, -0.2) is 48.8 Å². The molecule has 0 aromatic heterocycles. The number of likely N-dealkylation sites (N-methyl/N-ethyl adjacent to an activating group) is 1. The van der Waals surface area contributed by atoms with Crippen molar-refractivity contribution in [2.45, 2.75) is 46.6 Å². The molecule has 0 heterocycles. The van der Waals surface area contributed by atoms with Gasteiger partial charge in [0, 0.05) is 13.5 Å². The average molecular weight is 400 g/mol. The second-order valence-corrected chi connectivity index (χ2v) is 7.68. The smallest absolute Gasteiger partial charge is 0.308 e. The Bertz CT molecular complexity index is 804. The van der Waals surface area contributed by atoms with Gasteiger partial charge in [0.25, 0.3) is 0 Å². The van der Waals surface area contributed by atoms with Gasteiger partial charge in [0.05, 0.1) is 0 Å². The molecule has 0 aliphatic carbocycles. The van der Waals surface area contributed by atoms with Crippen LogP contribution in [0.5, 0.6) is 11.5 Å². The Morgan fingerprint density at radius 3 is 2.48 bits per heavy atom. The van der Waals surface area contributed by atoms with Crippen LogP contribution in [0.4, 0.5) is 0 Å². The van der Waals surface area contributed by atoms with Crippen molar-refractivity contribution in [3.63, 3.8) is 0 Å². The van der Waals surface area contributed by atoms with Crippen molar-refractivity contribution >= 4 is 5.97 Å². The summed E-state index contributed by atoms with van der Waals surface area (Å²) in [5, 5.41) is 10.4. The van der Waals surface area contributed by atoms with Gasteiger partial charge in [0.15, 0.2) is 0 Å². The summed E-state index contributed by atoms with van der Waals surface area (Å²) in [7, 11) is 2.02. The lowest BCUT2D eigenvalue weighted by Gasteiger charge is -2.22. The minimum Gasteiger partial charge on any atom is -0.491 e. The van der Waals surface area contributed by atoms with Crippen molar-refractivity contribution in [3.8, 4) is 11.5 Å². The summed E-state index contributed by atoms with van der Waals surface area (Å²) in [5.74, 6) is 0.956. The number of aliphatic hydroxyl groups is 1. The second-order valence-electron chi connectivity index (χ2n) is 7.68. The summed E-state index contributed by atoms with van der Waals surface area (Å²) < 4.78 is 11.2. The van der Waals surface area contributed by atoms with E-state index in [-0.39, 0.29) is 12.6 Å². The number of aliphatic hydroxyl groups excluding tert-OH is 1. The fourth-order valence-electron chi connectivity index (χ4n) is 3.36. The van der Waals surface area contributed by atoms with Gasteiger partial charge in [-0.3, -0.25) is 4.79 Å². The largest absolute Gasteiger partial charge is 0.491 e. The maximum absolute atomic E-state index is 11.3. The molecule has 0 fully saturated rings. The monoisotopic (exact) mass is 399 g/mol. The van der Waals surface area contributed by atoms with Crippen molar-refractivity contribution in [2.75, 3.05) is 26.7 Å². The molecule has 158 valence electrons. The van der Waals surface area contributed by atoms with Gasteiger partial charge < -0.3 is 19.5 Å². The van der Waals surface area contributed by atoms with Crippen LogP contribution in [0.25, 0.3) is 0 Å². The highest BCUT2D eigenvalue weighted by molar-refractivity contribution is 5.71. The van der Waals surface area contributed by atoms with E-state index in [1.807, 2.05) is 40.0 Å². The molecule has 5 nitrogen and oxygen atoms in total. The van der Waals surface area contributed by atoms with E-state index >= 15 is 0 Å². The molecular formula is C24H33NO4. The fourth-order valence-corrected chi connectivity index (χ4v) is 3.36. The number of hydrogen-bond acceptors (Lipinski definition) is 5. The van der Waals surface area contributed by atoms with E-state index in [2.05, 4.69) is 29.2 Å². The summed E-state index contributed by atoms with van der Waals surface area (Å²) in [6.45, 7) is 8.80. The molecule has 0 bridgehead atoms. The molecule has 5 heteroatoms. The molecule has 0 spiro atoms. The number of esters is 1. The van der Waals surface area contributed by atoms with E-state index in [4.69, 9.17) is 9.47 Å². The Morgan fingerprint density at radius 1 is 1.14 bits per heavy atom. The summed E-state index contributed by atoms with van der Waals surface area (Å²) in [5.41, 5.74) is 3.96. The molecule has 0 saturated carbocycles. The van der Waals surface area contributed by atoms with Crippen LogP contribution in [-0.2, 0) is 11.2 Å². The number of nitrogens with zero attached hydrogens (tertiary/aromatic N) is 1. The number of carbonyl (C=O) groups is 1. The Kier molecular flexibility index (Phi) is 8.68. The van der Waals surface area contributed by atoms with Crippen LogP contribution in [0.15, 0.2) is 36.4 Å². The first-order valence-electron chi connectivity index (χ1n) is 10.1. The first-order valence-corrected chi connectivity index (χ1v) is 10.1. The Balaban J connectivity index is 1.82. The SMILES string of the molecule is CC(=O)Oc1c(C)cc(OC[C@@H](O)CN(C)CCCc2ccccc2)c(C)c1C. The lowest BCUT2D eigenvalue weighted by atomic mass is 10.0. The third-order valence-electron chi connectivity index (χ3n) is 5.03. The summed E-state index contributed by atoms with van der Waals surface area (Å²) >= 11 is 0. The molecule has 1 N–H and O–H groups in total. The van der Waals surface area contributed by atoms with Gasteiger partial charge >= 0.3 is 5.97 Å². The highest BCUT2D eigenvalue weighted by atomic mass is 16.5. The van der Waals surface area contributed by atoms with E-state index in [1.165, 1.54) is 12.5 Å². The molecule has 0 unspecified atom stereocenters. The number of hydrogen-bond donors (Lipinski definition) is 1. The van der Waals surface area contributed by atoms with Crippen LogP contribution in [0.2, 0.25) is 0 Å². The summed E-state index contributed by atoms with van der Waals surface area (Å²) in [6.07, 6.45) is 1.50. The molecule has 0 saturated heterocycles. The van der Waals surface area contributed by atoms with Gasteiger partial charge in [0.2, 0.25) is 0 Å². The predicted molar refractivity (Wildman–Crippen MR) is 116 cm³/mol.